The largest absolute Gasteiger partial charge is 0.385 e. The van der Waals surface area contributed by atoms with Crippen LogP contribution in [-0.4, -0.2) is 39.3 Å². The summed E-state index contributed by atoms with van der Waals surface area (Å²) < 4.78 is 30.4. The molecule has 0 unspecified atom stereocenters. The van der Waals surface area contributed by atoms with Crippen molar-refractivity contribution in [3.05, 3.63) is 0 Å². The van der Waals surface area contributed by atoms with E-state index in [1.807, 2.05) is 0 Å². The Labute approximate surface area is 90.0 Å². The Morgan fingerprint density at radius 3 is 2.57 bits per heavy atom. The van der Waals surface area contributed by atoms with Crippen molar-refractivity contribution in [1.29, 1.82) is 0 Å². The van der Waals surface area contributed by atoms with Crippen LogP contribution in [0.25, 0.3) is 0 Å². The molecule has 6 heteroatoms. The third kappa shape index (κ3) is 3.73. The average Bonchev–Trinajstić information content (AvgIpc) is 2.85. The predicted molar refractivity (Wildman–Crippen MR) is 56.1 cm³/mol. The summed E-state index contributed by atoms with van der Waals surface area (Å²) in [6, 6.07) is 0. The van der Waals surface area contributed by atoms with Gasteiger partial charge in [0, 0.05) is 25.1 Å². The molecule has 0 aliphatic heterocycles. The van der Waals surface area contributed by atoms with Gasteiger partial charge in [0.25, 0.3) is 0 Å². The van der Waals surface area contributed by atoms with Crippen LogP contribution < -0.4 is 4.72 Å². The standard InChI is InChI=1S/C8H16ClNO3S/c1-13-5-2-6-14(11,12)10-8(7-9)3-4-8/h10H,2-7H2,1H3. The zero-order chi connectivity index (χ0) is 10.7. The number of hydrogen-bond acceptors (Lipinski definition) is 3. The highest BCUT2D eigenvalue weighted by Gasteiger charge is 2.44. The molecule has 0 heterocycles. The number of halogens is 1. The fourth-order valence-corrected chi connectivity index (χ4v) is 3.14. The summed E-state index contributed by atoms with van der Waals surface area (Å²) in [4.78, 5) is 0. The lowest BCUT2D eigenvalue weighted by atomic mass is 10.4. The van der Waals surface area contributed by atoms with Crippen LogP contribution in [0.4, 0.5) is 0 Å². The predicted octanol–water partition coefficient (Wildman–Crippen LogP) is 0.714. The van der Waals surface area contributed by atoms with Gasteiger partial charge in [-0.25, -0.2) is 13.1 Å². The van der Waals surface area contributed by atoms with Crippen molar-refractivity contribution in [2.45, 2.75) is 24.8 Å². The maximum atomic E-state index is 11.5. The van der Waals surface area contributed by atoms with Crippen molar-refractivity contribution in [1.82, 2.24) is 4.72 Å². The van der Waals surface area contributed by atoms with E-state index < -0.39 is 10.0 Å². The Bertz CT molecular complexity index is 274. The highest BCUT2D eigenvalue weighted by Crippen LogP contribution is 2.37. The molecule has 0 spiro atoms. The third-order valence-electron chi connectivity index (χ3n) is 2.24. The van der Waals surface area contributed by atoms with Crippen LogP contribution in [0, 0.1) is 0 Å². The van der Waals surface area contributed by atoms with Gasteiger partial charge in [-0.05, 0) is 19.3 Å². The molecular weight excluding hydrogens is 226 g/mol. The van der Waals surface area contributed by atoms with E-state index in [0.717, 1.165) is 12.8 Å². The van der Waals surface area contributed by atoms with Gasteiger partial charge >= 0.3 is 0 Å². The Kier molecular flexibility index (Phi) is 4.18. The molecule has 0 aromatic carbocycles. The van der Waals surface area contributed by atoms with Gasteiger partial charge in [-0.15, -0.1) is 11.6 Å². The van der Waals surface area contributed by atoms with Gasteiger partial charge in [0.1, 0.15) is 0 Å². The van der Waals surface area contributed by atoms with Gasteiger partial charge in [-0.2, -0.15) is 0 Å². The first-order valence-electron chi connectivity index (χ1n) is 4.60. The Morgan fingerprint density at radius 1 is 1.50 bits per heavy atom. The van der Waals surface area contributed by atoms with Crippen LogP contribution in [-0.2, 0) is 14.8 Å². The molecule has 0 aromatic rings. The molecule has 14 heavy (non-hydrogen) atoms. The molecule has 0 radical (unpaired) electrons. The van der Waals surface area contributed by atoms with Crippen molar-refractivity contribution < 1.29 is 13.2 Å². The number of nitrogens with one attached hydrogen (secondary N) is 1. The minimum absolute atomic E-state index is 0.111. The fourth-order valence-electron chi connectivity index (χ4n) is 1.19. The van der Waals surface area contributed by atoms with Crippen molar-refractivity contribution >= 4 is 21.6 Å². The molecule has 84 valence electrons. The van der Waals surface area contributed by atoms with Crippen LogP contribution in [0.3, 0.4) is 0 Å². The van der Waals surface area contributed by atoms with Crippen LogP contribution in [0.5, 0.6) is 0 Å². The van der Waals surface area contributed by atoms with E-state index in [9.17, 15) is 8.42 Å². The molecule has 0 amide bonds. The van der Waals surface area contributed by atoms with Gasteiger partial charge in [-0.3, -0.25) is 0 Å². The lowest BCUT2D eigenvalue weighted by Crippen LogP contribution is -2.39. The molecule has 1 rings (SSSR count). The molecule has 1 saturated carbocycles. The number of methoxy groups -OCH3 is 1. The first-order chi connectivity index (χ1) is 6.54. The summed E-state index contributed by atoms with van der Waals surface area (Å²) in [6.07, 6.45) is 2.21. The number of alkyl halides is 1. The normalized spacial score (nSPS) is 19.6. The van der Waals surface area contributed by atoms with E-state index in [-0.39, 0.29) is 11.3 Å². The minimum atomic E-state index is -3.18. The van der Waals surface area contributed by atoms with Crippen LogP contribution in [0.1, 0.15) is 19.3 Å². The monoisotopic (exact) mass is 241 g/mol. The first kappa shape index (κ1) is 12.2. The van der Waals surface area contributed by atoms with Crippen molar-refractivity contribution in [2.75, 3.05) is 25.3 Å². The highest BCUT2D eigenvalue weighted by molar-refractivity contribution is 7.89. The Balaban J connectivity index is 2.34. The summed E-state index contributed by atoms with van der Waals surface area (Å²) in [5.74, 6) is 0.468. The molecule has 1 fully saturated rings. The SMILES string of the molecule is COCCCS(=O)(=O)NC1(CCl)CC1. The number of hydrogen-bond donors (Lipinski definition) is 1. The van der Waals surface area contributed by atoms with Gasteiger partial charge in [0.15, 0.2) is 0 Å². The molecule has 1 aliphatic carbocycles. The summed E-state index contributed by atoms with van der Waals surface area (Å²) in [7, 11) is -1.62. The molecule has 1 N–H and O–H groups in total. The van der Waals surface area contributed by atoms with E-state index in [2.05, 4.69) is 4.72 Å². The summed E-state index contributed by atoms with van der Waals surface area (Å²) in [5.41, 5.74) is -0.340. The van der Waals surface area contributed by atoms with Crippen LogP contribution in [0.15, 0.2) is 0 Å². The molecule has 0 saturated heterocycles. The van der Waals surface area contributed by atoms with E-state index in [0.29, 0.717) is 18.9 Å². The minimum Gasteiger partial charge on any atom is -0.385 e. The maximum Gasteiger partial charge on any atom is 0.212 e. The second kappa shape index (κ2) is 4.79. The van der Waals surface area contributed by atoms with Gasteiger partial charge < -0.3 is 4.74 Å². The van der Waals surface area contributed by atoms with E-state index >= 15 is 0 Å². The molecule has 4 nitrogen and oxygen atoms in total. The van der Waals surface area contributed by atoms with E-state index in [4.69, 9.17) is 16.3 Å². The highest BCUT2D eigenvalue weighted by atomic mass is 35.5. The van der Waals surface area contributed by atoms with Crippen LogP contribution >= 0.6 is 11.6 Å². The third-order valence-corrected chi connectivity index (χ3v) is 4.32. The van der Waals surface area contributed by atoms with Gasteiger partial charge in [-0.1, -0.05) is 0 Å². The molecule has 0 bridgehead atoms. The zero-order valence-electron chi connectivity index (χ0n) is 8.25. The summed E-state index contributed by atoms with van der Waals surface area (Å²) in [6.45, 7) is 0.467. The van der Waals surface area contributed by atoms with Crippen LogP contribution in [0.2, 0.25) is 0 Å². The lowest BCUT2D eigenvalue weighted by Gasteiger charge is -2.13. The maximum absolute atomic E-state index is 11.5. The van der Waals surface area contributed by atoms with Gasteiger partial charge in [0.05, 0.1) is 5.75 Å². The molecule has 0 atom stereocenters. The van der Waals surface area contributed by atoms with E-state index in [1.165, 1.54) is 0 Å². The first-order valence-corrected chi connectivity index (χ1v) is 6.79. The van der Waals surface area contributed by atoms with Crippen molar-refractivity contribution in [3.8, 4) is 0 Å². The molecule has 0 aromatic heterocycles. The summed E-state index contributed by atoms with van der Waals surface area (Å²) in [5, 5.41) is 0. The number of ether oxygens (including phenoxy) is 1. The second-order valence-electron chi connectivity index (χ2n) is 3.68. The topological polar surface area (TPSA) is 55.4 Å². The molecule has 1 aliphatic rings. The number of rotatable bonds is 7. The van der Waals surface area contributed by atoms with Gasteiger partial charge in [0.2, 0.25) is 10.0 Å². The Hall–Kier alpha value is 0.160. The average molecular weight is 242 g/mol. The van der Waals surface area contributed by atoms with Crippen molar-refractivity contribution in [2.24, 2.45) is 0 Å². The smallest absolute Gasteiger partial charge is 0.212 e. The lowest BCUT2D eigenvalue weighted by molar-refractivity contribution is 0.199. The van der Waals surface area contributed by atoms with E-state index in [1.54, 1.807) is 7.11 Å². The fraction of sp³-hybridized carbons (Fsp3) is 1.00. The summed E-state index contributed by atoms with van der Waals surface area (Å²) >= 11 is 5.67. The number of sulfonamides is 1. The van der Waals surface area contributed by atoms with Crippen molar-refractivity contribution in [3.63, 3.8) is 0 Å². The zero-order valence-corrected chi connectivity index (χ0v) is 9.83. The molecular formula is C8H16ClNO3S. The quantitative estimate of drug-likeness (QED) is 0.528. The second-order valence-corrected chi connectivity index (χ2v) is 5.79. The Morgan fingerprint density at radius 2 is 2.14 bits per heavy atom.